The lowest BCUT2D eigenvalue weighted by Crippen LogP contribution is -2.33. The van der Waals surface area contributed by atoms with Crippen molar-refractivity contribution in [3.63, 3.8) is 0 Å². The van der Waals surface area contributed by atoms with Crippen molar-refractivity contribution in [3.8, 4) is 0 Å². The molecule has 0 aliphatic carbocycles. The smallest absolute Gasteiger partial charge is 0.330 e. The number of nitrogens with zero attached hydrogens (tertiary/aromatic N) is 1. The van der Waals surface area contributed by atoms with E-state index in [1.54, 1.807) is 13.1 Å². The van der Waals surface area contributed by atoms with Gasteiger partial charge in [0.15, 0.2) is 0 Å². The van der Waals surface area contributed by atoms with E-state index in [9.17, 15) is 9.59 Å². The number of nitrogens with one attached hydrogen (secondary N) is 1. The Hall–Kier alpha value is -1.40. The lowest BCUT2D eigenvalue weighted by Gasteiger charge is -2.18. The predicted molar refractivity (Wildman–Crippen MR) is 81.3 cm³/mol. The normalized spacial score (nSPS) is 23.4. The van der Waals surface area contributed by atoms with E-state index in [-0.39, 0.29) is 17.9 Å². The second-order valence-corrected chi connectivity index (χ2v) is 6.04. The Balaban J connectivity index is 1.98. The van der Waals surface area contributed by atoms with Gasteiger partial charge in [0.05, 0.1) is 6.10 Å². The maximum atomic E-state index is 11.9. The van der Waals surface area contributed by atoms with Gasteiger partial charge in [-0.2, -0.15) is 0 Å². The molecule has 0 aromatic carbocycles. The van der Waals surface area contributed by atoms with Gasteiger partial charge >= 0.3 is 5.69 Å². The van der Waals surface area contributed by atoms with E-state index >= 15 is 0 Å². The Morgan fingerprint density at radius 2 is 2.24 bits per heavy atom. The predicted octanol–water partition coefficient (Wildman–Crippen LogP) is 1.29. The number of ether oxygens (including phenoxy) is 1. The molecule has 3 N–H and O–H groups in total. The summed E-state index contributed by atoms with van der Waals surface area (Å²) in [6, 6.07) is 0. The Bertz CT molecular complexity index is 578. The van der Waals surface area contributed by atoms with Crippen molar-refractivity contribution in [2.75, 3.05) is 6.54 Å². The summed E-state index contributed by atoms with van der Waals surface area (Å²) in [4.78, 5) is 25.6. The van der Waals surface area contributed by atoms with Crippen LogP contribution in [0.5, 0.6) is 0 Å². The summed E-state index contributed by atoms with van der Waals surface area (Å²) < 4.78 is 7.48. The Labute approximate surface area is 124 Å². The fourth-order valence-corrected chi connectivity index (χ4v) is 2.90. The van der Waals surface area contributed by atoms with Crippen LogP contribution in [0.1, 0.15) is 50.8 Å². The molecule has 1 aromatic heterocycles. The molecule has 1 fully saturated rings. The molecule has 0 amide bonds. The highest BCUT2D eigenvalue weighted by molar-refractivity contribution is 5.01. The van der Waals surface area contributed by atoms with Crippen LogP contribution in [-0.4, -0.2) is 22.2 Å². The number of aryl methyl sites for hydroxylation is 1. The van der Waals surface area contributed by atoms with Crippen LogP contribution in [0.4, 0.5) is 0 Å². The minimum atomic E-state index is -0.396. The summed E-state index contributed by atoms with van der Waals surface area (Å²) in [5.41, 5.74) is 5.33. The first-order valence-corrected chi connectivity index (χ1v) is 7.69. The summed E-state index contributed by atoms with van der Waals surface area (Å²) in [5, 5.41) is 0. The number of aromatic amines is 1. The van der Waals surface area contributed by atoms with E-state index < -0.39 is 5.69 Å². The van der Waals surface area contributed by atoms with Gasteiger partial charge in [-0.3, -0.25) is 14.3 Å². The highest BCUT2D eigenvalue weighted by atomic mass is 16.5. The second-order valence-electron chi connectivity index (χ2n) is 6.04. The fraction of sp³-hybridized carbons (Fsp3) is 0.733. The molecular weight excluding hydrogens is 270 g/mol. The van der Waals surface area contributed by atoms with Crippen LogP contribution in [0.2, 0.25) is 0 Å². The average molecular weight is 295 g/mol. The zero-order valence-corrected chi connectivity index (χ0v) is 12.8. The number of hydrogen-bond donors (Lipinski definition) is 2. The molecule has 118 valence electrons. The third kappa shape index (κ3) is 4.04. The van der Waals surface area contributed by atoms with Crippen LogP contribution in [0.25, 0.3) is 0 Å². The number of hydrogen-bond acceptors (Lipinski definition) is 4. The van der Waals surface area contributed by atoms with Crippen molar-refractivity contribution < 1.29 is 4.74 Å². The Kier molecular flexibility index (Phi) is 5.36. The van der Waals surface area contributed by atoms with E-state index in [1.807, 2.05) is 0 Å². The Morgan fingerprint density at radius 1 is 1.48 bits per heavy atom. The van der Waals surface area contributed by atoms with Crippen molar-refractivity contribution in [2.24, 2.45) is 11.7 Å². The molecule has 0 saturated carbocycles. The molecule has 3 atom stereocenters. The maximum absolute atomic E-state index is 11.9. The summed E-state index contributed by atoms with van der Waals surface area (Å²) in [5.74, 6) is 0.575. The van der Waals surface area contributed by atoms with Gasteiger partial charge in [0.2, 0.25) is 0 Å². The van der Waals surface area contributed by atoms with E-state index in [4.69, 9.17) is 10.5 Å². The van der Waals surface area contributed by atoms with Crippen LogP contribution in [0.15, 0.2) is 15.8 Å². The number of nitrogens with two attached hydrogens (primary N) is 1. The first-order chi connectivity index (χ1) is 10.0. The molecule has 1 saturated heterocycles. The second kappa shape index (κ2) is 7.04. The molecule has 21 heavy (non-hydrogen) atoms. The number of aromatic nitrogens is 2. The highest BCUT2D eigenvalue weighted by Gasteiger charge is 2.28. The fourth-order valence-electron chi connectivity index (χ4n) is 2.90. The minimum Gasteiger partial charge on any atom is -0.355 e. The molecule has 6 heteroatoms. The molecule has 0 bridgehead atoms. The minimum absolute atomic E-state index is 0.182. The standard InChI is InChI=1S/C15H25N3O3/c1-10(4-3-7-16)8-12-5-6-13(21-12)18-9-11(2)14(19)17-15(18)20/h9-10,12-13H,3-8,16H2,1-2H3,(H,17,19,20). The molecule has 1 aliphatic heterocycles. The van der Waals surface area contributed by atoms with Crippen LogP contribution in [-0.2, 0) is 4.74 Å². The lowest BCUT2D eigenvalue weighted by molar-refractivity contribution is -0.0106. The van der Waals surface area contributed by atoms with Gasteiger partial charge in [0.1, 0.15) is 6.23 Å². The third-order valence-corrected chi connectivity index (χ3v) is 4.11. The molecule has 0 radical (unpaired) electrons. The first-order valence-electron chi connectivity index (χ1n) is 7.69. The number of H-pyrrole nitrogens is 1. The number of rotatable bonds is 6. The van der Waals surface area contributed by atoms with Gasteiger partial charge in [-0.15, -0.1) is 0 Å². The third-order valence-electron chi connectivity index (χ3n) is 4.11. The average Bonchev–Trinajstić information content (AvgIpc) is 2.88. The van der Waals surface area contributed by atoms with E-state index in [1.165, 1.54) is 4.57 Å². The molecule has 0 spiro atoms. The van der Waals surface area contributed by atoms with Gasteiger partial charge in [-0.25, -0.2) is 4.79 Å². The molecule has 1 aliphatic rings. The highest BCUT2D eigenvalue weighted by Crippen LogP contribution is 2.31. The topological polar surface area (TPSA) is 90.1 Å². The molecule has 6 nitrogen and oxygen atoms in total. The van der Waals surface area contributed by atoms with Crippen molar-refractivity contribution >= 4 is 0 Å². The summed E-state index contributed by atoms with van der Waals surface area (Å²) in [6.07, 6.45) is 6.40. The van der Waals surface area contributed by atoms with Gasteiger partial charge in [-0.05, 0) is 51.5 Å². The molecule has 2 rings (SSSR count). The monoisotopic (exact) mass is 295 g/mol. The van der Waals surface area contributed by atoms with E-state index in [0.29, 0.717) is 11.5 Å². The first kappa shape index (κ1) is 16.0. The molecule has 1 aromatic rings. The van der Waals surface area contributed by atoms with Crippen LogP contribution in [0, 0.1) is 12.8 Å². The summed E-state index contributed by atoms with van der Waals surface area (Å²) in [6.45, 7) is 4.63. The van der Waals surface area contributed by atoms with Gasteiger partial charge in [-0.1, -0.05) is 6.92 Å². The van der Waals surface area contributed by atoms with Gasteiger partial charge in [0, 0.05) is 11.8 Å². The van der Waals surface area contributed by atoms with Crippen molar-refractivity contribution in [1.82, 2.24) is 9.55 Å². The van der Waals surface area contributed by atoms with Crippen LogP contribution in [0.3, 0.4) is 0 Å². The van der Waals surface area contributed by atoms with Gasteiger partial charge < -0.3 is 10.5 Å². The van der Waals surface area contributed by atoms with Crippen LogP contribution >= 0.6 is 0 Å². The zero-order chi connectivity index (χ0) is 15.4. The summed E-state index contributed by atoms with van der Waals surface area (Å²) in [7, 11) is 0. The SMILES string of the molecule is Cc1cn(C2CCC(CC(C)CCCN)O2)c(=O)[nH]c1=O. The maximum Gasteiger partial charge on any atom is 0.330 e. The van der Waals surface area contributed by atoms with Crippen LogP contribution < -0.4 is 17.0 Å². The zero-order valence-electron chi connectivity index (χ0n) is 12.8. The largest absolute Gasteiger partial charge is 0.355 e. The molecular formula is C15H25N3O3. The summed E-state index contributed by atoms with van der Waals surface area (Å²) >= 11 is 0. The van der Waals surface area contributed by atoms with Crippen molar-refractivity contribution in [1.29, 1.82) is 0 Å². The van der Waals surface area contributed by atoms with E-state index in [0.717, 1.165) is 38.6 Å². The quantitative estimate of drug-likeness (QED) is 0.827. The molecule has 2 heterocycles. The van der Waals surface area contributed by atoms with E-state index in [2.05, 4.69) is 11.9 Å². The Morgan fingerprint density at radius 3 is 2.95 bits per heavy atom. The lowest BCUT2D eigenvalue weighted by atomic mass is 9.97. The molecule has 3 unspecified atom stereocenters. The van der Waals surface area contributed by atoms with Crippen molar-refractivity contribution in [3.05, 3.63) is 32.6 Å². The van der Waals surface area contributed by atoms with Crippen molar-refractivity contribution in [2.45, 2.75) is 58.3 Å². The van der Waals surface area contributed by atoms with Gasteiger partial charge in [0.25, 0.3) is 5.56 Å².